The van der Waals surface area contributed by atoms with E-state index in [0.717, 1.165) is 25.9 Å². The Kier molecular flexibility index (Phi) is 4.70. The third-order valence-corrected chi connectivity index (χ3v) is 5.10. The molecule has 7 heteroatoms. The maximum Gasteiger partial charge on any atom is 0.343 e. The second-order valence-electron chi connectivity index (χ2n) is 5.19. The normalized spacial score (nSPS) is 17.3. The topological polar surface area (TPSA) is 99.6 Å². The molecule has 1 aliphatic heterocycles. The summed E-state index contributed by atoms with van der Waals surface area (Å²) in [6.45, 7) is 3.26. The van der Waals surface area contributed by atoms with E-state index in [1.165, 1.54) is 18.4 Å². The molecule has 0 amide bonds. The van der Waals surface area contributed by atoms with E-state index in [2.05, 4.69) is 0 Å². The van der Waals surface area contributed by atoms with Gasteiger partial charge in [0.05, 0.1) is 18.9 Å². The van der Waals surface area contributed by atoms with Gasteiger partial charge in [-0.05, 0) is 25.7 Å². The lowest BCUT2D eigenvalue weighted by Gasteiger charge is -2.34. The van der Waals surface area contributed by atoms with Crippen molar-refractivity contribution < 1.29 is 14.6 Å². The molecule has 0 aliphatic carbocycles. The summed E-state index contributed by atoms with van der Waals surface area (Å²) in [5, 5.41) is 19.4. The number of hydrogen-bond acceptors (Lipinski definition) is 7. The number of nitrogens with two attached hydrogens (primary N) is 1. The van der Waals surface area contributed by atoms with Gasteiger partial charge in [0.15, 0.2) is 0 Å². The Morgan fingerprint density at radius 2 is 2.19 bits per heavy atom. The van der Waals surface area contributed by atoms with E-state index in [9.17, 15) is 9.90 Å². The van der Waals surface area contributed by atoms with Crippen LogP contribution in [0.4, 0.5) is 10.7 Å². The predicted octanol–water partition coefficient (Wildman–Crippen LogP) is 1.59. The number of aliphatic hydroxyl groups is 1. The lowest BCUT2D eigenvalue weighted by atomic mass is 9.92. The first-order chi connectivity index (χ1) is 9.99. The molecule has 21 heavy (non-hydrogen) atoms. The van der Waals surface area contributed by atoms with Crippen molar-refractivity contribution in [2.24, 2.45) is 5.92 Å². The molecule has 0 radical (unpaired) electrons. The fourth-order valence-corrected chi connectivity index (χ4v) is 3.68. The van der Waals surface area contributed by atoms with Gasteiger partial charge in [-0.3, -0.25) is 0 Å². The van der Waals surface area contributed by atoms with Gasteiger partial charge >= 0.3 is 5.97 Å². The van der Waals surface area contributed by atoms with Gasteiger partial charge in [-0.2, -0.15) is 5.26 Å². The van der Waals surface area contributed by atoms with Crippen molar-refractivity contribution >= 4 is 28.0 Å². The third kappa shape index (κ3) is 2.96. The summed E-state index contributed by atoms with van der Waals surface area (Å²) in [6.07, 6.45) is 1.37. The van der Waals surface area contributed by atoms with Gasteiger partial charge in [-0.15, -0.1) is 11.3 Å². The molecule has 1 fully saturated rings. The fraction of sp³-hybridized carbons (Fsp3) is 0.571. The molecule has 1 aliphatic rings. The molecule has 1 saturated heterocycles. The van der Waals surface area contributed by atoms with Crippen molar-refractivity contribution in [3.05, 3.63) is 10.4 Å². The molecule has 1 atom stereocenters. The summed E-state index contributed by atoms with van der Waals surface area (Å²) >= 11 is 1.22. The standard InChI is InChI=1S/C14H19N3O3S/c1-8(18)9-3-5-17(6-4-9)13-11(14(19)20-2)12(16)10(7-15)21-13/h8-9,18H,3-6,16H2,1-2H3. The highest BCUT2D eigenvalue weighted by atomic mass is 32.1. The van der Waals surface area contributed by atoms with Crippen LogP contribution in [0.25, 0.3) is 0 Å². The molecule has 2 heterocycles. The van der Waals surface area contributed by atoms with Crippen LogP contribution in [0.5, 0.6) is 0 Å². The molecule has 2 rings (SSSR count). The Hall–Kier alpha value is -1.78. The first kappa shape index (κ1) is 15.6. The summed E-state index contributed by atoms with van der Waals surface area (Å²) in [7, 11) is 1.30. The van der Waals surface area contributed by atoms with Crippen LogP contribution in [-0.2, 0) is 4.74 Å². The monoisotopic (exact) mass is 309 g/mol. The van der Waals surface area contributed by atoms with Crippen LogP contribution in [0.1, 0.15) is 35.0 Å². The highest BCUT2D eigenvalue weighted by Gasteiger charge is 2.30. The molecule has 0 aromatic carbocycles. The summed E-state index contributed by atoms with van der Waals surface area (Å²) in [6, 6.07) is 2.02. The number of carbonyl (C=O) groups excluding carboxylic acids is 1. The maximum atomic E-state index is 11.9. The van der Waals surface area contributed by atoms with Crippen molar-refractivity contribution in [3.8, 4) is 6.07 Å². The smallest absolute Gasteiger partial charge is 0.343 e. The highest BCUT2D eigenvalue weighted by molar-refractivity contribution is 7.17. The molecule has 0 spiro atoms. The number of anilines is 2. The minimum absolute atomic E-state index is 0.196. The molecular formula is C14H19N3O3S. The van der Waals surface area contributed by atoms with Crippen LogP contribution < -0.4 is 10.6 Å². The summed E-state index contributed by atoms with van der Waals surface area (Å²) in [5.41, 5.74) is 6.38. The Morgan fingerprint density at radius 3 is 2.67 bits per heavy atom. The van der Waals surface area contributed by atoms with Gasteiger partial charge < -0.3 is 20.5 Å². The molecular weight excluding hydrogens is 290 g/mol. The number of esters is 1. The fourth-order valence-electron chi connectivity index (χ4n) is 2.62. The van der Waals surface area contributed by atoms with E-state index in [-0.39, 0.29) is 23.3 Å². The third-order valence-electron chi connectivity index (χ3n) is 3.93. The number of aliphatic hydroxyl groups excluding tert-OH is 1. The van der Waals surface area contributed by atoms with Gasteiger partial charge in [-0.1, -0.05) is 0 Å². The van der Waals surface area contributed by atoms with Gasteiger partial charge in [0.25, 0.3) is 0 Å². The van der Waals surface area contributed by atoms with Gasteiger partial charge in [0.2, 0.25) is 0 Å². The van der Waals surface area contributed by atoms with E-state index in [0.29, 0.717) is 9.88 Å². The molecule has 6 nitrogen and oxygen atoms in total. The minimum atomic E-state index is -0.516. The van der Waals surface area contributed by atoms with Crippen LogP contribution in [0.15, 0.2) is 0 Å². The minimum Gasteiger partial charge on any atom is -0.465 e. The van der Waals surface area contributed by atoms with E-state index in [1.54, 1.807) is 6.92 Å². The number of methoxy groups -OCH3 is 1. The van der Waals surface area contributed by atoms with Crippen molar-refractivity contribution in [1.29, 1.82) is 5.26 Å². The summed E-state index contributed by atoms with van der Waals surface area (Å²) < 4.78 is 4.78. The van der Waals surface area contributed by atoms with Gasteiger partial charge in [-0.25, -0.2) is 4.79 Å². The Balaban J connectivity index is 2.28. The second kappa shape index (κ2) is 6.33. The lowest BCUT2D eigenvalue weighted by molar-refractivity contribution is 0.0602. The SMILES string of the molecule is COC(=O)c1c(N2CCC(C(C)O)CC2)sc(C#N)c1N. The molecule has 114 valence electrons. The zero-order valence-electron chi connectivity index (χ0n) is 12.1. The first-order valence-corrected chi connectivity index (χ1v) is 7.64. The van der Waals surface area contributed by atoms with E-state index < -0.39 is 5.97 Å². The van der Waals surface area contributed by atoms with E-state index in [4.69, 9.17) is 15.7 Å². The Bertz CT molecular complexity index is 569. The van der Waals surface area contributed by atoms with Crippen molar-refractivity contribution in [2.45, 2.75) is 25.9 Å². The molecule has 1 unspecified atom stereocenters. The number of carbonyl (C=O) groups is 1. The van der Waals surface area contributed by atoms with E-state index >= 15 is 0 Å². The zero-order chi connectivity index (χ0) is 15.6. The second-order valence-corrected chi connectivity index (χ2v) is 6.19. The van der Waals surface area contributed by atoms with E-state index in [1.807, 2.05) is 11.0 Å². The quantitative estimate of drug-likeness (QED) is 0.822. The molecule has 0 bridgehead atoms. The van der Waals surface area contributed by atoms with Gasteiger partial charge in [0, 0.05) is 13.1 Å². The number of nitrogen functional groups attached to an aromatic ring is 1. The van der Waals surface area contributed by atoms with Gasteiger partial charge in [0.1, 0.15) is 21.5 Å². The van der Waals surface area contributed by atoms with Crippen LogP contribution in [0.3, 0.4) is 0 Å². The Labute approximate surface area is 127 Å². The number of nitriles is 1. The summed E-state index contributed by atoms with van der Waals surface area (Å²) in [5.74, 6) is -0.242. The molecule has 1 aromatic heterocycles. The molecule has 0 saturated carbocycles. The molecule has 3 N–H and O–H groups in total. The van der Waals surface area contributed by atoms with Crippen LogP contribution in [0.2, 0.25) is 0 Å². The largest absolute Gasteiger partial charge is 0.465 e. The highest BCUT2D eigenvalue weighted by Crippen LogP contribution is 2.40. The molecule has 1 aromatic rings. The van der Waals surface area contributed by atoms with Crippen LogP contribution >= 0.6 is 11.3 Å². The average Bonchev–Trinajstić information content (AvgIpc) is 2.83. The number of nitrogens with zero attached hydrogens (tertiary/aromatic N) is 2. The maximum absolute atomic E-state index is 11.9. The number of rotatable bonds is 3. The number of piperidine rings is 1. The average molecular weight is 309 g/mol. The van der Waals surface area contributed by atoms with Crippen molar-refractivity contribution in [1.82, 2.24) is 0 Å². The van der Waals surface area contributed by atoms with Crippen LogP contribution in [0, 0.1) is 17.2 Å². The van der Waals surface area contributed by atoms with Crippen molar-refractivity contribution in [3.63, 3.8) is 0 Å². The Morgan fingerprint density at radius 1 is 1.57 bits per heavy atom. The lowest BCUT2D eigenvalue weighted by Crippen LogP contribution is -2.37. The summed E-state index contributed by atoms with van der Waals surface area (Å²) in [4.78, 5) is 14.3. The first-order valence-electron chi connectivity index (χ1n) is 6.83. The zero-order valence-corrected chi connectivity index (χ0v) is 12.9. The predicted molar refractivity (Wildman–Crippen MR) is 81.4 cm³/mol. The number of ether oxygens (including phenoxy) is 1. The van der Waals surface area contributed by atoms with Crippen LogP contribution in [-0.4, -0.2) is 37.4 Å². The number of thiophene rings is 1. The number of hydrogen-bond donors (Lipinski definition) is 2. The van der Waals surface area contributed by atoms with Crippen molar-refractivity contribution in [2.75, 3.05) is 30.8 Å².